The zero-order valence-electron chi connectivity index (χ0n) is 15.7. The molecule has 0 saturated carbocycles. The lowest BCUT2D eigenvalue weighted by Crippen LogP contribution is -2.06. The molecule has 0 aliphatic rings. The number of benzene rings is 1. The van der Waals surface area contributed by atoms with Crippen molar-refractivity contribution in [2.45, 2.75) is 32.6 Å². The first-order chi connectivity index (χ1) is 12.8. The van der Waals surface area contributed by atoms with E-state index >= 15 is 0 Å². The minimum absolute atomic E-state index is 0.0959. The summed E-state index contributed by atoms with van der Waals surface area (Å²) in [5.41, 5.74) is 4.40. The van der Waals surface area contributed by atoms with Gasteiger partial charge in [-0.15, -0.1) is 23.1 Å². The fourth-order valence-electron chi connectivity index (χ4n) is 2.85. The molecule has 1 aromatic carbocycles. The van der Waals surface area contributed by atoms with E-state index in [0.29, 0.717) is 5.75 Å². The monoisotopic (exact) mass is 399 g/mol. The Kier molecular flexibility index (Phi) is 5.82. The zero-order valence-corrected chi connectivity index (χ0v) is 17.3. The number of Topliss-reactive ketones (excluding diaryl/α,β-unsaturated/α-hetero) is 1. The number of rotatable bonds is 6. The van der Waals surface area contributed by atoms with E-state index in [1.807, 2.05) is 61.1 Å². The smallest absolute Gasteiger partial charge is 0.221 e. The second-order valence-corrected chi connectivity index (χ2v) is 8.19. The minimum Gasteiger partial charge on any atom is -0.326 e. The van der Waals surface area contributed by atoms with Gasteiger partial charge in [-0.1, -0.05) is 0 Å². The number of thioether (sulfide) groups is 1. The summed E-state index contributed by atoms with van der Waals surface area (Å²) in [6.07, 6.45) is 0. The van der Waals surface area contributed by atoms with Crippen molar-refractivity contribution in [2.75, 3.05) is 11.1 Å². The van der Waals surface area contributed by atoms with Crippen LogP contribution in [0, 0.1) is 20.8 Å². The van der Waals surface area contributed by atoms with Crippen LogP contribution in [-0.2, 0) is 4.79 Å². The Balaban J connectivity index is 1.71. The van der Waals surface area contributed by atoms with E-state index in [1.54, 1.807) is 11.3 Å². The number of ketones is 1. The maximum Gasteiger partial charge on any atom is 0.221 e. The van der Waals surface area contributed by atoms with Gasteiger partial charge in [-0.2, -0.15) is 0 Å². The largest absolute Gasteiger partial charge is 0.326 e. The van der Waals surface area contributed by atoms with Gasteiger partial charge in [-0.25, -0.2) is 4.98 Å². The average Bonchev–Trinajstić information content (AvgIpc) is 3.16. The molecule has 1 amide bonds. The highest BCUT2D eigenvalue weighted by molar-refractivity contribution is 8.00. The van der Waals surface area contributed by atoms with E-state index in [1.165, 1.54) is 18.7 Å². The van der Waals surface area contributed by atoms with Crippen molar-refractivity contribution in [1.29, 1.82) is 0 Å². The Morgan fingerprint density at radius 1 is 1.19 bits per heavy atom. The van der Waals surface area contributed by atoms with Crippen molar-refractivity contribution in [1.82, 2.24) is 9.55 Å². The van der Waals surface area contributed by atoms with Crippen LogP contribution < -0.4 is 5.32 Å². The molecule has 0 aliphatic carbocycles. The highest BCUT2D eigenvalue weighted by Gasteiger charge is 2.18. The number of hydrogen-bond donors (Lipinski definition) is 1. The highest BCUT2D eigenvalue weighted by Crippen LogP contribution is 2.26. The molecule has 3 rings (SSSR count). The van der Waals surface area contributed by atoms with E-state index in [2.05, 4.69) is 10.3 Å². The molecule has 7 heteroatoms. The van der Waals surface area contributed by atoms with Gasteiger partial charge in [0.05, 0.1) is 11.4 Å². The van der Waals surface area contributed by atoms with E-state index in [4.69, 9.17) is 0 Å². The van der Waals surface area contributed by atoms with Gasteiger partial charge in [0.15, 0.2) is 10.9 Å². The SMILES string of the molecule is CC(=O)Nc1ccc(SCC(=O)c2cc(C)n(-c3nc(C)cs3)c2C)cc1. The van der Waals surface area contributed by atoms with E-state index in [9.17, 15) is 9.59 Å². The molecule has 0 fully saturated rings. The van der Waals surface area contributed by atoms with Crippen LogP contribution >= 0.6 is 23.1 Å². The molecule has 0 aliphatic heterocycles. The van der Waals surface area contributed by atoms with Crippen molar-refractivity contribution in [3.05, 3.63) is 58.4 Å². The number of nitrogens with one attached hydrogen (secondary N) is 1. The van der Waals surface area contributed by atoms with Gasteiger partial charge in [-0.05, 0) is 51.1 Å². The van der Waals surface area contributed by atoms with Crippen LogP contribution in [0.25, 0.3) is 5.13 Å². The Bertz CT molecular complexity index is 987. The molecule has 0 spiro atoms. The molecule has 0 unspecified atom stereocenters. The molecule has 0 atom stereocenters. The van der Waals surface area contributed by atoms with Crippen molar-refractivity contribution in [3.63, 3.8) is 0 Å². The Morgan fingerprint density at radius 2 is 1.89 bits per heavy atom. The number of carbonyl (C=O) groups is 2. The van der Waals surface area contributed by atoms with Gasteiger partial charge in [0.2, 0.25) is 5.91 Å². The first-order valence-corrected chi connectivity index (χ1v) is 10.4. The number of anilines is 1. The first kappa shape index (κ1) is 19.4. The van der Waals surface area contributed by atoms with Gasteiger partial charge in [0, 0.05) is 39.8 Å². The van der Waals surface area contributed by atoms with Crippen LogP contribution in [0.4, 0.5) is 5.69 Å². The van der Waals surface area contributed by atoms with Crippen LogP contribution in [0.3, 0.4) is 0 Å². The van der Waals surface area contributed by atoms with Gasteiger partial charge in [0.25, 0.3) is 0 Å². The standard InChI is InChI=1S/C20H21N3O2S2/c1-12-10-27-20(21-12)23-13(2)9-18(14(23)3)19(25)11-26-17-7-5-16(6-8-17)22-15(4)24/h5-10H,11H2,1-4H3,(H,22,24). The quantitative estimate of drug-likeness (QED) is 0.478. The van der Waals surface area contributed by atoms with E-state index in [-0.39, 0.29) is 11.7 Å². The number of nitrogens with zero attached hydrogens (tertiary/aromatic N) is 2. The average molecular weight is 400 g/mol. The molecule has 2 aromatic heterocycles. The second-order valence-electron chi connectivity index (χ2n) is 6.31. The maximum absolute atomic E-state index is 12.7. The minimum atomic E-state index is -0.101. The summed E-state index contributed by atoms with van der Waals surface area (Å²) in [6, 6.07) is 9.43. The predicted molar refractivity (Wildman–Crippen MR) is 111 cm³/mol. The summed E-state index contributed by atoms with van der Waals surface area (Å²) >= 11 is 3.07. The third-order valence-corrected chi connectivity index (χ3v) is 6.03. The topological polar surface area (TPSA) is 64.0 Å². The molecule has 2 heterocycles. The van der Waals surface area contributed by atoms with Crippen LogP contribution in [0.15, 0.2) is 40.6 Å². The van der Waals surface area contributed by atoms with E-state index in [0.717, 1.165) is 38.4 Å². The number of aryl methyl sites for hydroxylation is 2. The van der Waals surface area contributed by atoms with Crippen LogP contribution in [-0.4, -0.2) is 27.0 Å². The Labute approximate surface area is 166 Å². The van der Waals surface area contributed by atoms with Crippen molar-refractivity contribution in [3.8, 4) is 5.13 Å². The van der Waals surface area contributed by atoms with Crippen LogP contribution in [0.1, 0.15) is 34.4 Å². The van der Waals surface area contributed by atoms with Crippen LogP contribution in [0.2, 0.25) is 0 Å². The molecular weight excluding hydrogens is 378 g/mol. The molecule has 140 valence electrons. The summed E-state index contributed by atoms with van der Waals surface area (Å²) in [5, 5.41) is 5.64. The number of amides is 1. The summed E-state index contributed by atoms with van der Waals surface area (Å²) in [4.78, 5) is 29.3. The highest BCUT2D eigenvalue weighted by atomic mass is 32.2. The number of aromatic nitrogens is 2. The molecule has 0 radical (unpaired) electrons. The maximum atomic E-state index is 12.7. The zero-order chi connectivity index (χ0) is 19.6. The third kappa shape index (κ3) is 4.48. The molecule has 0 saturated heterocycles. The fraction of sp³-hybridized carbons (Fsp3) is 0.250. The number of carbonyl (C=O) groups excluding carboxylic acids is 2. The summed E-state index contributed by atoms with van der Waals surface area (Å²) in [7, 11) is 0. The molecule has 3 aromatic rings. The van der Waals surface area contributed by atoms with Crippen molar-refractivity contribution >= 4 is 40.5 Å². The Morgan fingerprint density at radius 3 is 2.48 bits per heavy atom. The molecule has 0 bridgehead atoms. The number of hydrogen-bond acceptors (Lipinski definition) is 5. The number of thiazole rings is 1. The van der Waals surface area contributed by atoms with Gasteiger partial charge >= 0.3 is 0 Å². The molecule has 5 nitrogen and oxygen atoms in total. The van der Waals surface area contributed by atoms with Crippen molar-refractivity contribution < 1.29 is 9.59 Å². The summed E-state index contributed by atoms with van der Waals surface area (Å²) in [6.45, 7) is 7.40. The lowest BCUT2D eigenvalue weighted by molar-refractivity contribution is -0.114. The summed E-state index contributed by atoms with van der Waals surface area (Å²) in [5.74, 6) is 0.357. The summed E-state index contributed by atoms with van der Waals surface area (Å²) < 4.78 is 2.04. The Hall–Kier alpha value is -2.38. The first-order valence-electron chi connectivity index (χ1n) is 8.50. The van der Waals surface area contributed by atoms with Crippen molar-refractivity contribution in [2.24, 2.45) is 0 Å². The van der Waals surface area contributed by atoms with Gasteiger partial charge in [-0.3, -0.25) is 14.2 Å². The van der Waals surface area contributed by atoms with Crippen LogP contribution in [0.5, 0.6) is 0 Å². The normalized spacial score (nSPS) is 10.8. The molecular formula is C20H21N3O2S2. The molecule has 1 N–H and O–H groups in total. The lowest BCUT2D eigenvalue weighted by Gasteiger charge is -2.06. The predicted octanol–water partition coefficient (Wildman–Crippen LogP) is 4.79. The van der Waals surface area contributed by atoms with E-state index < -0.39 is 0 Å². The lowest BCUT2D eigenvalue weighted by atomic mass is 10.2. The van der Waals surface area contributed by atoms with Gasteiger partial charge in [0.1, 0.15) is 0 Å². The molecule has 27 heavy (non-hydrogen) atoms. The fourth-order valence-corrected chi connectivity index (χ4v) is 4.54. The second kappa shape index (κ2) is 8.10. The third-order valence-electron chi connectivity index (χ3n) is 4.07. The van der Waals surface area contributed by atoms with Gasteiger partial charge < -0.3 is 5.32 Å².